The van der Waals surface area contributed by atoms with Gasteiger partial charge < -0.3 is 5.32 Å². The van der Waals surface area contributed by atoms with Gasteiger partial charge in [0.2, 0.25) is 5.28 Å². The lowest BCUT2D eigenvalue weighted by molar-refractivity contribution is 0.627. The highest BCUT2D eigenvalue weighted by Crippen LogP contribution is 2.34. The lowest BCUT2D eigenvalue weighted by Gasteiger charge is -2.10. The Kier molecular flexibility index (Phi) is 4.21. The third-order valence-corrected chi connectivity index (χ3v) is 3.21. The predicted octanol–water partition coefficient (Wildman–Crippen LogP) is 4.48. The third-order valence-electron chi connectivity index (χ3n) is 1.87. The number of hydrogen-bond acceptors (Lipinski definition) is 4. The van der Waals surface area contributed by atoms with Gasteiger partial charge in [-0.25, -0.2) is 4.39 Å². The summed E-state index contributed by atoms with van der Waals surface area (Å²) in [7, 11) is 0. The Hall–Kier alpha value is -0.690. The SMILES string of the molecule is Fc1cc(Cl)c(Nc2nc(Cl)nnc2Cl)c(Br)c1. The number of nitrogens with one attached hydrogen (secondary N) is 1. The number of halogens is 5. The summed E-state index contributed by atoms with van der Waals surface area (Å²) < 4.78 is 13.5. The van der Waals surface area contributed by atoms with Crippen molar-refractivity contribution in [3.05, 3.63) is 37.9 Å². The summed E-state index contributed by atoms with van der Waals surface area (Å²) in [6.45, 7) is 0. The van der Waals surface area contributed by atoms with E-state index in [1.165, 1.54) is 6.07 Å². The van der Waals surface area contributed by atoms with Crippen molar-refractivity contribution in [3.8, 4) is 0 Å². The first kappa shape index (κ1) is 13.7. The van der Waals surface area contributed by atoms with Gasteiger partial charge in [0, 0.05) is 4.47 Å². The Morgan fingerprint density at radius 3 is 2.56 bits per heavy atom. The molecule has 0 amide bonds. The van der Waals surface area contributed by atoms with Crippen LogP contribution in [0.3, 0.4) is 0 Å². The maximum atomic E-state index is 13.1. The van der Waals surface area contributed by atoms with E-state index in [0.717, 1.165) is 6.07 Å². The molecule has 1 aromatic carbocycles. The molecule has 94 valence electrons. The van der Waals surface area contributed by atoms with Crippen molar-refractivity contribution in [3.63, 3.8) is 0 Å². The summed E-state index contributed by atoms with van der Waals surface area (Å²) in [5.41, 5.74) is 0.400. The van der Waals surface area contributed by atoms with Crippen LogP contribution in [0.1, 0.15) is 0 Å². The molecule has 18 heavy (non-hydrogen) atoms. The van der Waals surface area contributed by atoms with Crippen LogP contribution in [0.25, 0.3) is 0 Å². The van der Waals surface area contributed by atoms with Crippen molar-refractivity contribution in [2.75, 3.05) is 5.32 Å². The van der Waals surface area contributed by atoms with Gasteiger partial charge in [0.15, 0.2) is 11.0 Å². The summed E-state index contributed by atoms with van der Waals surface area (Å²) in [4.78, 5) is 3.85. The molecule has 0 saturated carbocycles. The molecule has 0 aliphatic rings. The Morgan fingerprint density at radius 2 is 1.89 bits per heavy atom. The Morgan fingerprint density at radius 1 is 1.17 bits per heavy atom. The van der Waals surface area contributed by atoms with E-state index in [9.17, 15) is 4.39 Å². The molecule has 0 aliphatic carbocycles. The van der Waals surface area contributed by atoms with E-state index in [2.05, 4.69) is 36.4 Å². The average Bonchev–Trinajstić information content (AvgIpc) is 2.28. The van der Waals surface area contributed by atoms with E-state index < -0.39 is 5.82 Å². The fourth-order valence-electron chi connectivity index (χ4n) is 1.15. The smallest absolute Gasteiger partial charge is 0.245 e. The maximum absolute atomic E-state index is 13.1. The molecule has 0 aliphatic heterocycles. The minimum atomic E-state index is -0.470. The standard InChI is InChI=1S/C9H3BrCl3FN4/c10-4-1-3(14)2-5(11)6(4)15-8-7(12)17-18-9(13)16-8/h1-2H,(H,15,16,18). The molecule has 0 radical (unpaired) electrons. The van der Waals surface area contributed by atoms with E-state index in [4.69, 9.17) is 34.8 Å². The van der Waals surface area contributed by atoms with Gasteiger partial charge in [-0.2, -0.15) is 4.98 Å². The first-order valence-electron chi connectivity index (χ1n) is 4.44. The van der Waals surface area contributed by atoms with Crippen LogP contribution in [0, 0.1) is 5.82 Å². The van der Waals surface area contributed by atoms with Crippen LogP contribution in [0.2, 0.25) is 15.5 Å². The van der Waals surface area contributed by atoms with Gasteiger partial charge >= 0.3 is 0 Å². The van der Waals surface area contributed by atoms with Crippen LogP contribution in [0.5, 0.6) is 0 Å². The van der Waals surface area contributed by atoms with Gasteiger partial charge in [-0.05, 0) is 39.7 Å². The fraction of sp³-hybridized carbons (Fsp3) is 0. The second kappa shape index (κ2) is 5.52. The van der Waals surface area contributed by atoms with Gasteiger partial charge in [0.1, 0.15) is 5.82 Å². The molecule has 0 fully saturated rings. The molecule has 2 aromatic rings. The summed E-state index contributed by atoms with van der Waals surface area (Å²) >= 11 is 20.5. The number of nitrogens with zero attached hydrogens (tertiary/aromatic N) is 3. The molecule has 1 aromatic heterocycles. The second-order valence-electron chi connectivity index (χ2n) is 3.09. The highest BCUT2D eigenvalue weighted by atomic mass is 79.9. The molecule has 1 N–H and O–H groups in total. The van der Waals surface area contributed by atoms with Crippen LogP contribution in [0.15, 0.2) is 16.6 Å². The van der Waals surface area contributed by atoms with E-state index in [1.807, 2.05) is 0 Å². The quantitative estimate of drug-likeness (QED) is 0.845. The molecule has 1 heterocycles. The minimum absolute atomic E-state index is 0.0201. The molecule has 0 atom stereocenters. The Balaban J connectivity index is 2.43. The zero-order chi connectivity index (χ0) is 13.3. The molecular weight excluding hydrogens is 369 g/mol. The van der Waals surface area contributed by atoms with Gasteiger partial charge in [-0.3, -0.25) is 0 Å². The number of aromatic nitrogens is 3. The zero-order valence-corrected chi connectivity index (χ0v) is 12.2. The second-order valence-corrected chi connectivity index (χ2v) is 5.05. The molecule has 0 saturated heterocycles. The zero-order valence-electron chi connectivity index (χ0n) is 8.39. The third kappa shape index (κ3) is 3.00. The van der Waals surface area contributed by atoms with Crippen LogP contribution in [0.4, 0.5) is 15.9 Å². The molecule has 0 spiro atoms. The topological polar surface area (TPSA) is 50.7 Å². The first-order valence-corrected chi connectivity index (χ1v) is 6.37. The number of rotatable bonds is 2. The number of anilines is 2. The van der Waals surface area contributed by atoms with Crippen molar-refractivity contribution in [2.45, 2.75) is 0 Å². The highest BCUT2D eigenvalue weighted by molar-refractivity contribution is 9.10. The van der Waals surface area contributed by atoms with Crippen LogP contribution in [-0.2, 0) is 0 Å². The van der Waals surface area contributed by atoms with Gasteiger partial charge in [-0.1, -0.05) is 23.2 Å². The lowest BCUT2D eigenvalue weighted by atomic mass is 10.3. The van der Waals surface area contributed by atoms with Crippen molar-refractivity contribution in [1.82, 2.24) is 15.2 Å². The van der Waals surface area contributed by atoms with Crippen molar-refractivity contribution in [1.29, 1.82) is 0 Å². The molecular formula is C9H3BrCl3FN4. The van der Waals surface area contributed by atoms with E-state index in [-0.39, 0.29) is 21.3 Å². The van der Waals surface area contributed by atoms with Crippen molar-refractivity contribution in [2.24, 2.45) is 0 Å². The first-order chi connectivity index (χ1) is 8.47. The molecule has 2 rings (SSSR count). The average molecular weight is 372 g/mol. The van der Waals surface area contributed by atoms with Gasteiger partial charge in [0.05, 0.1) is 10.7 Å². The summed E-state index contributed by atoms with van der Waals surface area (Å²) in [5, 5.41) is 9.95. The largest absolute Gasteiger partial charge is 0.335 e. The normalized spacial score (nSPS) is 10.5. The van der Waals surface area contributed by atoms with Crippen LogP contribution in [-0.4, -0.2) is 15.2 Å². The maximum Gasteiger partial charge on any atom is 0.245 e. The van der Waals surface area contributed by atoms with Crippen LogP contribution >= 0.6 is 50.7 Å². The summed E-state index contributed by atoms with van der Waals surface area (Å²) in [5.74, 6) is -0.298. The van der Waals surface area contributed by atoms with E-state index >= 15 is 0 Å². The lowest BCUT2D eigenvalue weighted by Crippen LogP contribution is -2.00. The Labute approximate surface area is 125 Å². The van der Waals surface area contributed by atoms with Crippen LogP contribution < -0.4 is 5.32 Å². The van der Waals surface area contributed by atoms with E-state index in [1.54, 1.807) is 0 Å². The molecule has 9 heteroatoms. The van der Waals surface area contributed by atoms with Crippen molar-refractivity contribution < 1.29 is 4.39 Å². The summed E-state index contributed by atoms with van der Waals surface area (Å²) in [6, 6.07) is 2.40. The van der Waals surface area contributed by atoms with Gasteiger partial charge in [-0.15, -0.1) is 10.2 Å². The fourth-order valence-corrected chi connectivity index (χ4v) is 2.30. The highest BCUT2D eigenvalue weighted by Gasteiger charge is 2.12. The number of benzene rings is 1. The van der Waals surface area contributed by atoms with Crippen molar-refractivity contribution >= 4 is 62.2 Å². The monoisotopic (exact) mass is 370 g/mol. The Bertz CT molecular complexity index is 587. The molecule has 4 nitrogen and oxygen atoms in total. The van der Waals surface area contributed by atoms with E-state index in [0.29, 0.717) is 10.2 Å². The van der Waals surface area contributed by atoms with Gasteiger partial charge in [0.25, 0.3) is 0 Å². The minimum Gasteiger partial charge on any atom is -0.335 e. The molecule has 0 bridgehead atoms. The molecule has 0 unspecified atom stereocenters. The number of hydrogen-bond donors (Lipinski definition) is 1. The summed E-state index contributed by atoms with van der Waals surface area (Å²) in [6.07, 6.45) is 0. The predicted molar refractivity (Wildman–Crippen MR) is 72.2 cm³/mol.